The Labute approximate surface area is 150 Å². The van der Waals surface area contributed by atoms with Gasteiger partial charge in [-0.3, -0.25) is 9.59 Å². The third-order valence-electron chi connectivity index (χ3n) is 3.83. The number of nitrogens with one attached hydrogen (secondary N) is 1. The monoisotopic (exact) mass is 366 g/mol. The normalized spacial score (nSPS) is 10.6. The maximum Gasteiger partial charge on any atom is 0.254 e. The van der Waals surface area contributed by atoms with Gasteiger partial charge in [0.25, 0.3) is 5.56 Å². The molecule has 0 fully saturated rings. The van der Waals surface area contributed by atoms with Gasteiger partial charge in [-0.05, 0) is 37.1 Å². The van der Waals surface area contributed by atoms with Crippen molar-refractivity contribution in [2.24, 2.45) is 0 Å². The Morgan fingerprint density at radius 3 is 2.72 bits per heavy atom. The standard InChI is InChI=1S/C18H20ClFN2O3/c1-12-9-14(25-2)11-18(24)22(12)8-7-21-17(23)6-4-13-3-5-15(19)16(20)10-13/h3,5,9-11H,4,6-8H2,1-2H3,(H,21,23). The van der Waals surface area contributed by atoms with Gasteiger partial charge in [-0.15, -0.1) is 0 Å². The molecule has 0 spiro atoms. The van der Waals surface area contributed by atoms with E-state index >= 15 is 0 Å². The molecule has 0 unspecified atom stereocenters. The van der Waals surface area contributed by atoms with Crippen LogP contribution in [0.25, 0.3) is 0 Å². The van der Waals surface area contributed by atoms with Gasteiger partial charge in [-0.2, -0.15) is 0 Å². The number of aryl methyl sites for hydroxylation is 2. The first-order valence-electron chi connectivity index (χ1n) is 7.87. The Morgan fingerprint density at radius 2 is 2.08 bits per heavy atom. The van der Waals surface area contributed by atoms with Crippen molar-refractivity contribution < 1.29 is 13.9 Å². The Kier molecular flexibility index (Phi) is 6.58. The summed E-state index contributed by atoms with van der Waals surface area (Å²) in [4.78, 5) is 23.9. The van der Waals surface area contributed by atoms with E-state index in [1.807, 2.05) is 0 Å². The maximum absolute atomic E-state index is 13.3. The van der Waals surface area contributed by atoms with Gasteiger partial charge in [0.05, 0.1) is 12.1 Å². The minimum atomic E-state index is -0.492. The number of carbonyl (C=O) groups is 1. The van der Waals surface area contributed by atoms with Crippen molar-refractivity contribution in [3.05, 3.63) is 62.8 Å². The summed E-state index contributed by atoms with van der Waals surface area (Å²) in [7, 11) is 1.51. The lowest BCUT2D eigenvalue weighted by Gasteiger charge is -2.12. The van der Waals surface area contributed by atoms with Crippen LogP contribution >= 0.6 is 11.6 Å². The molecule has 0 bridgehead atoms. The molecule has 2 aromatic rings. The van der Waals surface area contributed by atoms with Gasteiger partial charge in [-0.25, -0.2) is 4.39 Å². The summed E-state index contributed by atoms with van der Waals surface area (Å²) in [5, 5.41) is 2.82. The summed E-state index contributed by atoms with van der Waals surface area (Å²) in [6.07, 6.45) is 0.652. The molecule has 2 rings (SSSR count). The van der Waals surface area contributed by atoms with E-state index in [1.165, 1.54) is 25.3 Å². The highest BCUT2D eigenvalue weighted by Crippen LogP contribution is 2.16. The summed E-state index contributed by atoms with van der Waals surface area (Å²) >= 11 is 5.62. The second-order valence-corrected chi connectivity index (χ2v) is 6.03. The Bertz CT molecular complexity index is 820. The molecule has 0 aliphatic rings. The number of rotatable bonds is 7. The van der Waals surface area contributed by atoms with Gasteiger partial charge in [0.2, 0.25) is 5.91 Å². The van der Waals surface area contributed by atoms with Crippen LogP contribution in [0.3, 0.4) is 0 Å². The minimum absolute atomic E-state index is 0.0634. The zero-order valence-electron chi connectivity index (χ0n) is 14.1. The first-order chi connectivity index (χ1) is 11.9. The van der Waals surface area contributed by atoms with E-state index in [1.54, 1.807) is 23.6 Å². The van der Waals surface area contributed by atoms with E-state index < -0.39 is 5.82 Å². The van der Waals surface area contributed by atoms with Gasteiger partial charge < -0.3 is 14.6 Å². The van der Waals surface area contributed by atoms with Crippen molar-refractivity contribution in [1.82, 2.24) is 9.88 Å². The summed E-state index contributed by atoms with van der Waals surface area (Å²) in [6, 6.07) is 7.67. The average molecular weight is 367 g/mol. The number of ether oxygens (including phenoxy) is 1. The number of hydrogen-bond acceptors (Lipinski definition) is 3. The fraction of sp³-hybridized carbons (Fsp3) is 0.333. The molecule has 0 radical (unpaired) electrons. The van der Waals surface area contributed by atoms with Crippen LogP contribution in [0.5, 0.6) is 5.75 Å². The molecule has 0 aliphatic carbocycles. The first-order valence-corrected chi connectivity index (χ1v) is 8.24. The first kappa shape index (κ1) is 19.0. The lowest BCUT2D eigenvalue weighted by molar-refractivity contribution is -0.121. The Hall–Kier alpha value is -2.34. The summed E-state index contributed by atoms with van der Waals surface area (Å²) in [5.41, 5.74) is 1.29. The molecule has 0 aliphatic heterocycles. The molecule has 0 saturated carbocycles. The number of pyridine rings is 1. The van der Waals surface area contributed by atoms with Gasteiger partial charge in [0, 0.05) is 31.3 Å². The number of hydrogen-bond donors (Lipinski definition) is 1. The van der Waals surface area contributed by atoms with Gasteiger partial charge in [0.1, 0.15) is 11.6 Å². The van der Waals surface area contributed by atoms with E-state index in [0.717, 1.165) is 5.69 Å². The molecule has 1 aromatic carbocycles. The summed E-state index contributed by atoms with van der Waals surface area (Å²) in [6.45, 7) is 2.51. The Balaban J connectivity index is 1.82. The molecule has 0 saturated heterocycles. The van der Waals surface area contributed by atoms with Crippen molar-refractivity contribution in [1.29, 1.82) is 0 Å². The third-order valence-corrected chi connectivity index (χ3v) is 4.13. The molecule has 1 N–H and O–H groups in total. The lowest BCUT2D eigenvalue weighted by Crippen LogP contribution is -2.31. The van der Waals surface area contributed by atoms with Crippen LogP contribution in [0, 0.1) is 12.7 Å². The second kappa shape index (κ2) is 8.67. The minimum Gasteiger partial charge on any atom is -0.496 e. The van der Waals surface area contributed by atoms with E-state index in [-0.39, 0.29) is 22.9 Å². The SMILES string of the molecule is COc1cc(C)n(CCNC(=O)CCc2ccc(Cl)c(F)c2)c(=O)c1. The van der Waals surface area contributed by atoms with Gasteiger partial charge in [0.15, 0.2) is 0 Å². The van der Waals surface area contributed by atoms with Crippen molar-refractivity contribution in [3.63, 3.8) is 0 Å². The second-order valence-electron chi connectivity index (χ2n) is 5.62. The highest BCUT2D eigenvalue weighted by Gasteiger charge is 2.07. The zero-order valence-corrected chi connectivity index (χ0v) is 14.9. The number of nitrogens with zero attached hydrogens (tertiary/aromatic N) is 1. The molecule has 5 nitrogen and oxygen atoms in total. The molecule has 1 heterocycles. The third kappa shape index (κ3) is 5.32. The van der Waals surface area contributed by atoms with Gasteiger partial charge in [-0.1, -0.05) is 17.7 Å². The highest BCUT2D eigenvalue weighted by atomic mass is 35.5. The van der Waals surface area contributed by atoms with Crippen LogP contribution in [0.4, 0.5) is 4.39 Å². The largest absolute Gasteiger partial charge is 0.496 e. The van der Waals surface area contributed by atoms with E-state index in [0.29, 0.717) is 30.8 Å². The van der Waals surface area contributed by atoms with Crippen LogP contribution in [0.2, 0.25) is 5.02 Å². The smallest absolute Gasteiger partial charge is 0.254 e. The van der Waals surface area contributed by atoms with E-state index in [2.05, 4.69) is 5.32 Å². The summed E-state index contributed by atoms with van der Waals surface area (Å²) in [5.74, 6) is -0.138. The molecule has 25 heavy (non-hydrogen) atoms. The van der Waals surface area contributed by atoms with Crippen molar-refractivity contribution >= 4 is 17.5 Å². The molecule has 0 atom stereocenters. The van der Waals surface area contributed by atoms with Crippen LogP contribution in [0.1, 0.15) is 17.7 Å². The van der Waals surface area contributed by atoms with Crippen molar-refractivity contribution in [3.8, 4) is 5.75 Å². The van der Waals surface area contributed by atoms with Gasteiger partial charge >= 0.3 is 0 Å². The van der Waals surface area contributed by atoms with Crippen LogP contribution in [-0.4, -0.2) is 24.1 Å². The predicted molar refractivity (Wildman–Crippen MR) is 94.7 cm³/mol. The maximum atomic E-state index is 13.3. The number of carbonyl (C=O) groups excluding carboxylic acids is 1. The lowest BCUT2D eigenvalue weighted by atomic mass is 10.1. The molecular weight excluding hydrogens is 347 g/mol. The highest BCUT2D eigenvalue weighted by molar-refractivity contribution is 6.30. The van der Waals surface area contributed by atoms with Crippen LogP contribution < -0.4 is 15.6 Å². The average Bonchev–Trinajstić information content (AvgIpc) is 2.58. The zero-order chi connectivity index (χ0) is 18.4. The van der Waals surface area contributed by atoms with Crippen LogP contribution in [-0.2, 0) is 17.8 Å². The van der Waals surface area contributed by atoms with E-state index in [9.17, 15) is 14.0 Å². The fourth-order valence-corrected chi connectivity index (χ4v) is 2.57. The molecule has 134 valence electrons. The molecular formula is C18H20ClFN2O3. The topological polar surface area (TPSA) is 60.3 Å². The fourth-order valence-electron chi connectivity index (χ4n) is 2.45. The molecule has 7 heteroatoms. The number of methoxy groups -OCH3 is 1. The van der Waals surface area contributed by atoms with E-state index in [4.69, 9.17) is 16.3 Å². The number of benzene rings is 1. The molecule has 1 amide bonds. The number of amides is 1. The number of aromatic nitrogens is 1. The number of halogens is 2. The van der Waals surface area contributed by atoms with Crippen LogP contribution in [0.15, 0.2) is 35.1 Å². The predicted octanol–water partition coefficient (Wildman–Crippen LogP) is 2.71. The van der Waals surface area contributed by atoms with Crippen molar-refractivity contribution in [2.75, 3.05) is 13.7 Å². The molecule has 1 aromatic heterocycles. The van der Waals surface area contributed by atoms with Crippen molar-refractivity contribution in [2.45, 2.75) is 26.3 Å². The quantitative estimate of drug-likeness (QED) is 0.819. The Morgan fingerprint density at radius 1 is 1.32 bits per heavy atom. The summed E-state index contributed by atoms with van der Waals surface area (Å²) < 4.78 is 20.0.